The first-order valence-electron chi connectivity index (χ1n) is 7.40. The van der Waals surface area contributed by atoms with Crippen LogP contribution in [0.1, 0.15) is 26.2 Å². The number of Topliss-reactive ketones (excluding diaryl/α,β-unsaturated/α-hetero) is 1. The maximum atomic E-state index is 12.0. The van der Waals surface area contributed by atoms with Gasteiger partial charge in [0.2, 0.25) is 5.91 Å². The van der Waals surface area contributed by atoms with E-state index in [1.807, 2.05) is 36.1 Å². The van der Waals surface area contributed by atoms with Crippen LogP contribution in [0.4, 0.5) is 5.69 Å². The summed E-state index contributed by atoms with van der Waals surface area (Å²) in [7, 11) is 0. The molecular weight excluding hydrogens is 288 g/mol. The van der Waals surface area contributed by atoms with E-state index in [0.29, 0.717) is 32.4 Å². The molecule has 1 heterocycles. The van der Waals surface area contributed by atoms with E-state index in [1.54, 1.807) is 0 Å². The summed E-state index contributed by atoms with van der Waals surface area (Å²) in [4.78, 5) is 27.4. The molecule has 0 aliphatic carbocycles. The fourth-order valence-corrected chi connectivity index (χ4v) is 2.65. The van der Waals surface area contributed by atoms with Crippen LogP contribution in [0.15, 0.2) is 24.3 Å². The van der Waals surface area contributed by atoms with Crippen molar-refractivity contribution in [2.75, 3.05) is 31.1 Å². The van der Waals surface area contributed by atoms with Crippen molar-refractivity contribution in [2.45, 2.75) is 26.2 Å². The highest BCUT2D eigenvalue weighted by Crippen LogP contribution is 2.21. The SMILES string of the molecule is CCC(=O)CCC(=O)N1CCN(c2cccc(Cl)c2)CC1. The number of rotatable bonds is 5. The second-order valence-electron chi connectivity index (χ2n) is 5.24. The summed E-state index contributed by atoms with van der Waals surface area (Å²) in [6.07, 6.45) is 1.21. The van der Waals surface area contributed by atoms with E-state index in [9.17, 15) is 9.59 Å². The highest BCUT2D eigenvalue weighted by atomic mass is 35.5. The second kappa shape index (κ2) is 7.46. The predicted molar refractivity (Wildman–Crippen MR) is 84.8 cm³/mol. The van der Waals surface area contributed by atoms with E-state index in [4.69, 9.17) is 11.6 Å². The van der Waals surface area contributed by atoms with Gasteiger partial charge in [-0.2, -0.15) is 0 Å². The van der Waals surface area contributed by atoms with E-state index in [1.165, 1.54) is 0 Å². The van der Waals surface area contributed by atoms with Crippen molar-refractivity contribution in [1.29, 1.82) is 0 Å². The van der Waals surface area contributed by atoms with Gasteiger partial charge in [0.15, 0.2) is 0 Å². The van der Waals surface area contributed by atoms with Crippen LogP contribution in [-0.2, 0) is 9.59 Å². The van der Waals surface area contributed by atoms with Gasteiger partial charge in [-0.25, -0.2) is 0 Å². The molecule has 0 saturated carbocycles. The minimum atomic E-state index is 0.0857. The maximum absolute atomic E-state index is 12.0. The molecule has 1 amide bonds. The van der Waals surface area contributed by atoms with Gasteiger partial charge in [-0.1, -0.05) is 24.6 Å². The minimum Gasteiger partial charge on any atom is -0.368 e. The van der Waals surface area contributed by atoms with Crippen LogP contribution in [0.2, 0.25) is 5.02 Å². The van der Waals surface area contributed by atoms with E-state index in [2.05, 4.69) is 4.90 Å². The molecule has 5 heteroatoms. The zero-order chi connectivity index (χ0) is 15.2. The fraction of sp³-hybridized carbons (Fsp3) is 0.500. The number of hydrogen-bond acceptors (Lipinski definition) is 3. The number of halogens is 1. The largest absolute Gasteiger partial charge is 0.368 e. The molecule has 2 rings (SSSR count). The van der Waals surface area contributed by atoms with Gasteiger partial charge in [-0.05, 0) is 18.2 Å². The third-order valence-corrected chi connectivity index (χ3v) is 4.05. The molecule has 4 nitrogen and oxygen atoms in total. The number of benzene rings is 1. The Balaban J connectivity index is 1.83. The minimum absolute atomic E-state index is 0.0857. The van der Waals surface area contributed by atoms with Crippen molar-refractivity contribution in [3.8, 4) is 0 Å². The number of carbonyl (C=O) groups is 2. The van der Waals surface area contributed by atoms with Crippen molar-refractivity contribution >= 4 is 29.0 Å². The third kappa shape index (κ3) is 4.46. The van der Waals surface area contributed by atoms with Crippen LogP contribution in [0.5, 0.6) is 0 Å². The van der Waals surface area contributed by atoms with Crippen molar-refractivity contribution in [3.05, 3.63) is 29.3 Å². The molecule has 0 bridgehead atoms. The first kappa shape index (κ1) is 15.8. The van der Waals surface area contributed by atoms with E-state index >= 15 is 0 Å². The Hall–Kier alpha value is -1.55. The van der Waals surface area contributed by atoms with Gasteiger partial charge in [-0.3, -0.25) is 9.59 Å². The summed E-state index contributed by atoms with van der Waals surface area (Å²) in [5.41, 5.74) is 1.09. The molecular formula is C16H21ClN2O2. The number of anilines is 1. The summed E-state index contributed by atoms with van der Waals surface area (Å²) in [6.45, 7) is 4.83. The van der Waals surface area contributed by atoms with Crippen molar-refractivity contribution in [2.24, 2.45) is 0 Å². The number of piperazine rings is 1. The molecule has 0 N–H and O–H groups in total. The lowest BCUT2D eigenvalue weighted by Crippen LogP contribution is -2.48. The Labute approximate surface area is 130 Å². The molecule has 1 fully saturated rings. The summed E-state index contributed by atoms with van der Waals surface area (Å²) < 4.78 is 0. The zero-order valence-electron chi connectivity index (χ0n) is 12.3. The average molecular weight is 309 g/mol. The lowest BCUT2D eigenvalue weighted by Gasteiger charge is -2.36. The molecule has 0 unspecified atom stereocenters. The third-order valence-electron chi connectivity index (χ3n) is 3.82. The molecule has 1 aliphatic heterocycles. The summed E-state index contributed by atoms with van der Waals surface area (Å²) >= 11 is 6.00. The Morgan fingerprint density at radius 1 is 1.14 bits per heavy atom. The molecule has 1 aliphatic rings. The van der Waals surface area contributed by atoms with Crippen LogP contribution < -0.4 is 4.90 Å². The van der Waals surface area contributed by atoms with Crippen LogP contribution in [0.3, 0.4) is 0 Å². The quantitative estimate of drug-likeness (QED) is 0.840. The summed E-state index contributed by atoms with van der Waals surface area (Å²) in [6, 6.07) is 7.77. The smallest absolute Gasteiger partial charge is 0.223 e. The predicted octanol–water partition coefficient (Wildman–Crippen LogP) is 2.75. The fourth-order valence-electron chi connectivity index (χ4n) is 2.47. The topological polar surface area (TPSA) is 40.6 Å². The van der Waals surface area contributed by atoms with Gasteiger partial charge < -0.3 is 9.80 Å². The lowest BCUT2D eigenvalue weighted by molar-refractivity contribution is -0.133. The van der Waals surface area contributed by atoms with Gasteiger partial charge in [0, 0.05) is 56.2 Å². The molecule has 0 radical (unpaired) electrons. The molecule has 1 saturated heterocycles. The Kier molecular flexibility index (Phi) is 5.62. The van der Waals surface area contributed by atoms with Crippen molar-refractivity contribution in [3.63, 3.8) is 0 Å². The van der Waals surface area contributed by atoms with E-state index in [-0.39, 0.29) is 11.7 Å². The second-order valence-corrected chi connectivity index (χ2v) is 5.68. The number of hydrogen-bond donors (Lipinski definition) is 0. The Morgan fingerprint density at radius 3 is 2.48 bits per heavy atom. The number of carbonyl (C=O) groups excluding carboxylic acids is 2. The summed E-state index contributed by atoms with van der Waals surface area (Å²) in [5.74, 6) is 0.239. The van der Waals surface area contributed by atoms with Crippen molar-refractivity contribution in [1.82, 2.24) is 4.90 Å². The van der Waals surface area contributed by atoms with Gasteiger partial charge >= 0.3 is 0 Å². The van der Waals surface area contributed by atoms with E-state index < -0.39 is 0 Å². The first-order chi connectivity index (χ1) is 10.1. The number of nitrogens with zero attached hydrogens (tertiary/aromatic N) is 2. The molecule has 0 atom stereocenters. The van der Waals surface area contributed by atoms with Crippen LogP contribution in [0, 0.1) is 0 Å². The molecule has 1 aromatic rings. The van der Waals surface area contributed by atoms with Crippen molar-refractivity contribution < 1.29 is 9.59 Å². The van der Waals surface area contributed by atoms with Gasteiger partial charge in [-0.15, -0.1) is 0 Å². The van der Waals surface area contributed by atoms with Crippen LogP contribution >= 0.6 is 11.6 Å². The highest BCUT2D eigenvalue weighted by molar-refractivity contribution is 6.30. The highest BCUT2D eigenvalue weighted by Gasteiger charge is 2.21. The standard InChI is InChI=1S/C16H21ClN2O2/c1-2-15(20)6-7-16(21)19-10-8-18(9-11-19)14-5-3-4-13(17)12-14/h3-5,12H,2,6-11H2,1H3. The summed E-state index contributed by atoms with van der Waals surface area (Å²) in [5, 5.41) is 0.726. The molecule has 114 valence electrons. The first-order valence-corrected chi connectivity index (χ1v) is 7.78. The van der Waals surface area contributed by atoms with E-state index in [0.717, 1.165) is 23.8 Å². The molecule has 0 aromatic heterocycles. The monoisotopic (exact) mass is 308 g/mol. The average Bonchev–Trinajstić information content (AvgIpc) is 2.52. The Bertz CT molecular complexity index is 511. The zero-order valence-corrected chi connectivity index (χ0v) is 13.1. The Morgan fingerprint density at radius 2 is 1.86 bits per heavy atom. The number of ketones is 1. The molecule has 21 heavy (non-hydrogen) atoms. The lowest BCUT2D eigenvalue weighted by atomic mass is 10.1. The van der Waals surface area contributed by atoms with Gasteiger partial charge in [0.25, 0.3) is 0 Å². The molecule has 0 spiro atoms. The molecule has 1 aromatic carbocycles. The number of amides is 1. The maximum Gasteiger partial charge on any atom is 0.223 e. The van der Waals surface area contributed by atoms with Crippen LogP contribution in [0.25, 0.3) is 0 Å². The van der Waals surface area contributed by atoms with Gasteiger partial charge in [0.1, 0.15) is 5.78 Å². The van der Waals surface area contributed by atoms with Gasteiger partial charge in [0.05, 0.1) is 0 Å². The normalized spacial score (nSPS) is 15.1. The van der Waals surface area contributed by atoms with Crippen LogP contribution in [-0.4, -0.2) is 42.8 Å².